The number of hydrogen-bond acceptors (Lipinski definition) is 2. The fraction of sp³-hybridized carbons (Fsp3) is 0.786. The van der Waals surface area contributed by atoms with Crippen LogP contribution in [0.4, 0.5) is 0 Å². The van der Waals surface area contributed by atoms with Crippen LogP contribution in [0.15, 0.2) is 0 Å². The van der Waals surface area contributed by atoms with Gasteiger partial charge < -0.3 is 5.32 Å². The highest BCUT2D eigenvalue weighted by molar-refractivity contribution is 5.25. The lowest BCUT2D eigenvalue weighted by Crippen LogP contribution is -2.34. The van der Waals surface area contributed by atoms with Crippen LogP contribution in [-0.2, 0) is 6.42 Å². The summed E-state index contributed by atoms with van der Waals surface area (Å²) >= 11 is 0. The SMILES string of the molecule is CCNC1CCCC1n1nc(C)c(CC)c1C. The fourth-order valence-electron chi connectivity index (χ4n) is 3.27. The highest BCUT2D eigenvalue weighted by atomic mass is 15.3. The zero-order valence-corrected chi connectivity index (χ0v) is 11.6. The number of nitrogens with one attached hydrogen (secondary N) is 1. The Morgan fingerprint density at radius 1 is 1.29 bits per heavy atom. The van der Waals surface area contributed by atoms with Gasteiger partial charge in [-0.2, -0.15) is 5.10 Å². The van der Waals surface area contributed by atoms with E-state index in [1.54, 1.807) is 0 Å². The first kappa shape index (κ1) is 12.6. The molecule has 1 aliphatic carbocycles. The predicted octanol–water partition coefficient (Wildman–Crippen LogP) is 2.77. The Bertz CT molecular complexity index is 381. The Morgan fingerprint density at radius 2 is 2.06 bits per heavy atom. The van der Waals surface area contributed by atoms with E-state index in [4.69, 9.17) is 5.10 Å². The second-order valence-electron chi connectivity index (χ2n) is 5.11. The molecule has 1 aromatic heterocycles. The number of rotatable bonds is 4. The van der Waals surface area contributed by atoms with E-state index in [1.807, 2.05) is 0 Å². The van der Waals surface area contributed by atoms with Crippen LogP contribution >= 0.6 is 0 Å². The summed E-state index contributed by atoms with van der Waals surface area (Å²) in [4.78, 5) is 0. The molecule has 0 aliphatic heterocycles. The molecule has 17 heavy (non-hydrogen) atoms. The van der Waals surface area contributed by atoms with Crippen LogP contribution in [0.5, 0.6) is 0 Å². The molecule has 1 saturated carbocycles. The highest BCUT2D eigenvalue weighted by Crippen LogP contribution is 2.32. The molecule has 96 valence electrons. The van der Waals surface area contributed by atoms with Crippen molar-refractivity contribution in [1.82, 2.24) is 15.1 Å². The van der Waals surface area contributed by atoms with E-state index in [9.17, 15) is 0 Å². The number of likely N-dealkylation sites (N-methyl/N-ethyl adjacent to an activating group) is 1. The number of aryl methyl sites for hydroxylation is 1. The van der Waals surface area contributed by atoms with Crippen molar-refractivity contribution in [1.29, 1.82) is 0 Å². The molecule has 0 radical (unpaired) electrons. The molecule has 2 atom stereocenters. The monoisotopic (exact) mass is 235 g/mol. The van der Waals surface area contributed by atoms with Crippen molar-refractivity contribution in [3.63, 3.8) is 0 Å². The number of nitrogens with zero attached hydrogens (tertiary/aromatic N) is 2. The predicted molar refractivity (Wildman–Crippen MR) is 71.4 cm³/mol. The Morgan fingerprint density at radius 3 is 2.65 bits per heavy atom. The molecular weight excluding hydrogens is 210 g/mol. The first-order valence-corrected chi connectivity index (χ1v) is 6.97. The van der Waals surface area contributed by atoms with Crippen LogP contribution in [0.25, 0.3) is 0 Å². The lowest BCUT2D eigenvalue weighted by Gasteiger charge is -2.22. The molecule has 1 N–H and O–H groups in total. The Kier molecular flexibility index (Phi) is 3.87. The summed E-state index contributed by atoms with van der Waals surface area (Å²) < 4.78 is 2.29. The molecule has 2 unspecified atom stereocenters. The third-order valence-electron chi connectivity index (χ3n) is 4.09. The van der Waals surface area contributed by atoms with E-state index < -0.39 is 0 Å². The smallest absolute Gasteiger partial charge is 0.0675 e. The maximum Gasteiger partial charge on any atom is 0.0675 e. The molecule has 0 bridgehead atoms. The van der Waals surface area contributed by atoms with Gasteiger partial charge >= 0.3 is 0 Å². The average Bonchev–Trinajstić information content (AvgIpc) is 2.85. The molecule has 3 nitrogen and oxygen atoms in total. The molecule has 1 aliphatic rings. The second kappa shape index (κ2) is 5.21. The molecule has 0 amide bonds. The van der Waals surface area contributed by atoms with Crippen LogP contribution in [0.3, 0.4) is 0 Å². The first-order valence-electron chi connectivity index (χ1n) is 6.97. The van der Waals surface area contributed by atoms with Gasteiger partial charge in [0.25, 0.3) is 0 Å². The Labute approximate surface area is 105 Å². The molecule has 2 rings (SSSR count). The van der Waals surface area contributed by atoms with Gasteiger partial charge in [0.05, 0.1) is 11.7 Å². The van der Waals surface area contributed by atoms with Gasteiger partial charge in [0, 0.05) is 11.7 Å². The van der Waals surface area contributed by atoms with E-state index >= 15 is 0 Å². The van der Waals surface area contributed by atoms with Crippen LogP contribution in [0.2, 0.25) is 0 Å². The van der Waals surface area contributed by atoms with Crippen molar-refractivity contribution in [2.75, 3.05) is 6.54 Å². The largest absolute Gasteiger partial charge is 0.312 e. The molecule has 0 saturated heterocycles. The third kappa shape index (κ3) is 2.25. The van der Waals surface area contributed by atoms with Gasteiger partial charge in [-0.05, 0) is 51.6 Å². The van der Waals surface area contributed by atoms with Crippen molar-refractivity contribution in [3.8, 4) is 0 Å². The second-order valence-corrected chi connectivity index (χ2v) is 5.11. The lowest BCUT2D eigenvalue weighted by atomic mass is 10.1. The summed E-state index contributed by atoms with van der Waals surface area (Å²) in [5, 5.41) is 8.38. The number of hydrogen-bond donors (Lipinski definition) is 1. The normalized spacial score (nSPS) is 24.5. The van der Waals surface area contributed by atoms with Gasteiger partial charge in [-0.1, -0.05) is 13.8 Å². The topological polar surface area (TPSA) is 29.9 Å². The lowest BCUT2D eigenvalue weighted by molar-refractivity contribution is 0.364. The van der Waals surface area contributed by atoms with Crippen molar-refractivity contribution in [3.05, 3.63) is 17.0 Å². The zero-order chi connectivity index (χ0) is 12.4. The fourth-order valence-corrected chi connectivity index (χ4v) is 3.27. The van der Waals surface area contributed by atoms with E-state index in [2.05, 4.69) is 37.7 Å². The molecule has 3 heteroatoms. The van der Waals surface area contributed by atoms with E-state index in [0.29, 0.717) is 12.1 Å². The summed E-state index contributed by atoms with van der Waals surface area (Å²) in [5.41, 5.74) is 4.03. The van der Waals surface area contributed by atoms with Crippen molar-refractivity contribution >= 4 is 0 Å². The Hall–Kier alpha value is -0.830. The third-order valence-corrected chi connectivity index (χ3v) is 4.09. The standard InChI is InChI=1S/C14H25N3/c1-5-12-10(3)16-17(11(12)4)14-9-7-8-13(14)15-6-2/h13-15H,5-9H2,1-4H3. The van der Waals surface area contributed by atoms with Gasteiger partial charge in [-0.25, -0.2) is 0 Å². The first-order chi connectivity index (χ1) is 8.19. The van der Waals surface area contributed by atoms with Gasteiger partial charge in [-0.15, -0.1) is 0 Å². The van der Waals surface area contributed by atoms with Crippen LogP contribution in [-0.4, -0.2) is 22.4 Å². The maximum atomic E-state index is 4.77. The maximum absolute atomic E-state index is 4.77. The van der Waals surface area contributed by atoms with E-state index in [-0.39, 0.29) is 0 Å². The molecular formula is C14H25N3. The summed E-state index contributed by atoms with van der Waals surface area (Å²) in [6.45, 7) is 9.83. The molecule has 1 heterocycles. The Balaban J connectivity index is 2.27. The minimum atomic E-state index is 0.564. The zero-order valence-electron chi connectivity index (χ0n) is 11.6. The van der Waals surface area contributed by atoms with Gasteiger partial charge in [0.1, 0.15) is 0 Å². The van der Waals surface area contributed by atoms with E-state index in [1.165, 1.54) is 36.2 Å². The quantitative estimate of drug-likeness (QED) is 0.869. The summed E-state index contributed by atoms with van der Waals surface area (Å²) in [6, 6.07) is 1.18. The van der Waals surface area contributed by atoms with Crippen molar-refractivity contribution < 1.29 is 0 Å². The van der Waals surface area contributed by atoms with Gasteiger partial charge in [0.15, 0.2) is 0 Å². The van der Waals surface area contributed by atoms with Crippen LogP contribution < -0.4 is 5.32 Å². The molecule has 1 fully saturated rings. The van der Waals surface area contributed by atoms with E-state index in [0.717, 1.165) is 13.0 Å². The van der Waals surface area contributed by atoms with Gasteiger partial charge in [-0.3, -0.25) is 4.68 Å². The van der Waals surface area contributed by atoms with Crippen molar-refractivity contribution in [2.24, 2.45) is 0 Å². The van der Waals surface area contributed by atoms with Crippen LogP contribution in [0, 0.1) is 13.8 Å². The molecule has 1 aromatic rings. The molecule has 0 aromatic carbocycles. The minimum Gasteiger partial charge on any atom is -0.312 e. The number of aromatic nitrogens is 2. The summed E-state index contributed by atoms with van der Waals surface area (Å²) in [5.74, 6) is 0. The van der Waals surface area contributed by atoms with Crippen molar-refractivity contribution in [2.45, 2.75) is 65.5 Å². The summed E-state index contributed by atoms with van der Waals surface area (Å²) in [6.07, 6.45) is 4.97. The van der Waals surface area contributed by atoms with Gasteiger partial charge in [0.2, 0.25) is 0 Å². The van der Waals surface area contributed by atoms with Crippen LogP contribution in [0.1, 0.15) is 56.1 Å². The average molecular weight is 235 g/mol. The highest BCUT2D eigenvalue weighted by Gasteiger charge is 2.30. The molecule has 0 spiro atoms. The summed E-state index contributed by atoms with van der Waals surface area (Å²) in [7, 11) is 0. The minimum absolute atomic E-state index is 0.564.